The number of benzene rings is 3. The van der Waals surface area contributed by atoms with E-state index >= 15 is 0 Å². The third kappa shape index (κ3) is 2.24. The minimum absolute atomic E-state index is 0.978. The summed E-state index contributed by atoms with van der Waals surface area (Å²) in [4.78, 5) is 14.3. The van der Waals surface area contributed by atoms with Crippen LogP contribution in [0.2, 0.25) is 0 Å². The molecule has 2 heterocycles. The molecule has 3 aromatic rings. The second kappa shape index (κ2) is 5.73. The van der Waals surface area contributed by atoms with Crippen LogP contribution in [0.25, 0.3) is 0 Å². The maximum absolute atomic E-state index is 4.88. The van der Waals surface area contributed by atoms with Crippen LogP contribution in [0.15, 0.2) is 87.0 Å². The molecule has 0 atom stereocenters. The third-order valence-corrected chi connectivity index (χ3v) is 8.27. The molecule has 0 saturated heterocycles. The summed E-state index contributed by atoms with van der Waals surface area (Å²) in [5.41, 5.74) is 2.03. The van der Waals surface area contributed by atoms with E-state index in [9.17, 15) is 0 Å². The molecule has 0 spiro atoms. The summed E-state index contributed by atoms with van der Waals surface area (Å²) < 4.78 is 2.03. The quantitative estimate of drug-likeness (QED) is 0.272. The van der Waals surface area contributed by atoms with E-state index in [4.69, 9.17) is 9.98 Å². The first kappa shape index (κ1) is 15.2. The maximum Gasteiger partial charge on any atom is 0.0943 e. The Morgan fingerprint density at radius 2 is 1.04 bits per heavy atom. The van der Waals surface area contributed by atoms with Crippen LogP contribution in [0.4, 0.5) is 11.4 Å². The van der Waals surface area contributed by atoms with Crippen molar-refractivity contribution in [3.8, 4) is 0 Å². The van der Waals surface area contributed by atoms with Crippen molar-refractivity contribution in [1.29, 1.82) is 0 Å². The highest BCUT2D eigenvalue weighted by Crippen LogP contribution is 2.44. The number of fused-ring (bicyclic) bond motifs is 4. The molecule has 0 aliphatic carbocycles. The van der Waals surface area contributed by atoms with Crippen molar-refractivity contribution in [3.05, 3.63) is 68.2 Å². The van der Waals surface area contributed by atoms with Gasteiger partial charge in [0.15, 0.2) is 0 Å². The highest BCUT2D eigenvalue weighted by atomic mass is 79.9. The summed E-state index contributed by atoms with van der Waals surface area (Å²) in [6.07, 6.45) is 0. The molecule has 0 fully saturated rings. The fourth-order valence-electron chi connectivity index (χ4n) is 2.74. The molecule has 0 bridgehead atoms. The van der Waals surface area contributed by atoms with Crippen LogP contribution in [0.5, 0.6) is 0 Å². The number of nitrogens with zero attached hydrogens (tertiary/aromatic N) is 2. The van der Waals surface area contributed by atoms with Crippen LogP contribution < -0.4 is 10.7 Å². The van der Waals surface area contributed by atoms with Gasteiger partial charge in [-0.05, 0) is 56.1 Å². The zero-order chi connectivity index (χ0) is 16.3. The normalized spacial score (nSPS) is 13.8. The minimum Gasteiger partial charge on any atom is -0.245 e. The van der Waals surface area contributed by atoms with Crippen molar-refractivity contribution in [1.82, 2.24) is 0 Å². The topological polar surface area (TPSA) is 24.7 Å². The van der Waals surface area contributed by atoms with Crippen LogP contribution in [0, 0.1) is 0 Å². The molecule has 0 aromatic heterocycles. The summed E-state index contributed by atoms with van der Waals surface area (Å²) >= 11 is 11.0. The fraction of sp³-hybridized carbons (Fsp3) is 0. The first-order valence-electron chi connectivity index (χ1n) is 7.24. The van der Waals surface area contributed by atoms with E-state index in [0.717, 1.165) is 40.8 Å². The molecular formula is C18H8Br2N2S2. The Morgan fingerprint density at radius 1 is 0.625 bits per heavy atom. The molecule has 24 heavy (non-hydrogen) atoms. The molecule has 5 rings (SSSR count). The second-order valence-corrected chi connectivity index (χ2v) is 9.04. The Kier molecular flexibility index (Phi) is 3.63. The van der Waals surface area contributed by atoms with Crippen LogP contribution in [0.1, 0.15) is 0 Å². The Bertz CT molecular complexity index is 1050. The lowest BCUT2D eigenvalue weighted by molar-refractivity contribution is 1.03. The van der Waals surface area contributed by atoms with Gasteiger partial charge in [-0.25, -0.2) is 9.98 Å². The Hall–Kier alpha value is -1.08. The van der Waals surface area contributed by atoms with Crippen molar-refractivity contribution in [2.75, 3.05) is 0 Å². The molecule has 6 heteroatoms. The van der Waals surface area contributed by atoms with E-state index in [1.807, 2.05) is 24.3 Å². The predicted molar refractivity (Wildman–Crippen MR) is 105 cm³/mol. The molecule has 0 N–H and O–H groups in total. The molecule has 0 amide bonds. The first-order chi connectivity index (χ1) is 11.7. The third-order valence-electron chi connectivity index (χ3n) is 3.86. The lowest BCUT2D eigenvalue weighted by atomic mass is 10.2. The van der Waals surface area contributed by atoms with Crippen molar-refractivity contribution in [3.63, 3.8) is 0 Å². The van der Waals surface area contributed by atoms with Gasteiger partial charge in [0.1, 0.15) is 0 Å². The van der Waals surface area contributed by atoms with E-state index in [-0.39, 0.29) is 0 Å². The van der Waals surface area contributed by atoms with Gasteiger partial charge in [-0.3, -0.25) is 0 Å². The SMILES string of the molecule is Brc1c2c(c(Br)c3c1=Nc1ccccc1S3)=Nc1ccccc1S2. The van der Waals surface area contributed by atoms with E-state index in [1.54, 1.807) is 23.5 Å². The smallest absolute Gasteiger partial charge is 0.0943 e. The molecule has 0 radical (unpaired) electrons. The summed E-state index contributed by atoms with van der Waals surface area (Å²) in [6.45, 7) is 0. The highest BCUT2D eigenvalue weighted by molar-refractivity contribution is 9.11. The zero-order valence-corrected chi connectivity index (χ0v) is 16.9. The fourth-order valence-corrected chi connectivity index (χ4v) is 6.47. The van der Waals surface area contributed by atoms with E-state index in [0.29, 0.717) is 0 Å². The monoisotopic (exact) mass is 474 g/mol. The zero-order valence-electron chi connectivity index (χ0n) is 12.1. The number of hydrogen-bond acceptors (Lipinski definition) is 4. The summed E-state index contributed by atoms with van der Waals surface area (Å²) in [5, 5.41) is 1.96. The lowest BCUT2D eigenvalue weighted by Crippen LogP contribution is -2.22. The predicted octanol–water partition coefficient (Wildman–Crippen LogP) is 6.04. The highest BCUT2D eigenvalue weighted by Gasteiger charge is 2.24. The summed E-state index contributed by atoms with van der Waals surface area (Å²) in [5.74, 6) is 0. The minimum atomic E-state index is 0.978. The number of halogens is 2. The standard InChI is InChI=1S/C18H8Br2N2S2/c19-13-15-17(23-11-7-3-1-5-9(11)21-15)14(20)16-18(13)24-12-8-4-2-6-10(12)22-16/h1-8H. The summed E-state index contributed by atoms with van der Waals surface area (Å²) in [6, 6.07) is 16.5. The van der Waals surface area contributed by atoms with Gasteiger partial charge in [0, 0.05) is 9.79 Å². The van der Waals surface area contributed by atoms with Gasteiger partial charge >= 0.3 is 0 Å². The Labute approximate surface area is 163 Å². The molecule has 3 aromatic carbocycles. The van der Waals surface area contributed by atoms with Crippen LogP contribution >= 0.6 is 55.4 Å². The van der Waals surface area contributed by atoms with E-state index < -0.39 is 0 Å². The Morgan fingerprint density at radius 3 is 1.50 bits per heavy atom. The van der Waals surface area contributed by atoms with Crippen molar-refractivity contribution in [2.45, 2.75) is 19.6 Å². The van der Waals surface area contributed by atoms with E-state index in [2.05, 4.69) is 56.1 Å². The van der Waals surface area contributed by atoms with E-state index in [1.165, 1.54) is 9.79 Å². The van der Waals surface area contributed by atoms with Crippen molar-refractivity contribution < 1.29 is 0 Å². The van der Waals surface area contributed by atoms with Crippen molar-refractivity contribution >= 4 is 66.8 Å². The average molecular weight is 476 g/mol. The van der Waals surface area contributed by atoms with Crippen LogP contribution in [0.3, 0.4) is 0 Å². The lowest BCUT2D eigenvalue weighted by Gasteiger charge is -2.19. The molecule has 2 aliphatic rings. The number of hydrogen-bond donors (Lipinski definition) is 0. The van der Waals surface area contributed by atoms with Gasteiger partial charge in [0.2, 0.25) is 0 Å². The van der Waals surface area contributed by atoms with Gasteiger partial charge < -0.3 is 0 Å². The average Bonchev–Trinajstić information content (AvgIpc) is 2.64. The summed E-state index contributed by atoms with van der Waals surface area (Å²) in [7, 11) is 0. The van der Waals surface area contributed by atoms with Crippen LogP contribution in [-0.2, 0) is 0 Å². The van der Waals surface area contributed by atoms with Gasteiger partial charge in [-0.15, -0.1) is 0 Å². The Balaban J connectivity index is 1.87. The van der Waals surface area contributed by atoms with Gasteiger partial charge in [0.25, 0.3) is 0 Å². The number of rotatable bonds is 0. The number of para-hydroxylation sites is 2. The first-order valence-corrected chi connectivity index (χ1v) is 10.5. The molecule has 2 aliphatic heterocycles. The molecule has 0 unspecified atom stereocenters. The van der Waals surface area contributed by atoms with Crippen LogP contribution in [-0.4, -0.2) is 0 Å². The maximum atomic E-state index is 4.88. The second-order valence-electron chi connectivity index (χ2n) is 5.35. The molecule has 0 saturated carbocycles. The molecular weight excluding hydrogens is 468 g/mol. The van der Waals surface area contributed by atoms with Gasteiger partial charge in [0.05, 0.1) is 40.8 Å². The van der Waals surface area contributed by atoms with Gasteiger partial charge in [-0.2, -0.15) is 0 Å². The largest absolute Gasteiger partial charge is 0.245 e. The van der Waals surface area contributed by atoms with Crippen molar-refractivity contribution in [2.24, 2.45) is 9.98 Å². The molecule has 116 valence electrons. The molecule has 2 nitrogen and oxygen atoms in total. The van der Waals surface area contributed by atoms with Gasteiger partial charge in [-0.1, -0.05) is 47.8 Å².